The lowest BCUT2D eigenvalue weighted by atomic mass is 9.95. The monoisotopic (exact) mass is 636 g/mol. The number of phenols is 2. The van der Waals surface area contributed by atoms with Crippen molar-refractivity contribution in [2.75, 3.05) is 21.3 Å². The van der Waals surface area contributed by atoms with Gasteiger partial charge in [0.1, 0.15) is 11.5 Å². The molecule has 6 N–H and O–H groups in total. The summed E-state index contributed by atoms with van der Waals surface area (Å²) in [5, 5.41) is 32.2. The van der Waals surface area contributed by atoms with Crippen LogP contribution in [0, 0.1) is 10.8 Å². The van der Waals surface area contributed by atoms with Crippen molar-refractivity contribution in [1.82, 2.24) is 0 Å². The third kappa shape index (κ3) is 9.20. The number of rotatable bonds is 8. The quantitative estimate of drug-likeness (QED) is 0.113. The molecule has 10 nitrogen and oxygen atoms in total. The predicted molar refractivity (Wildman–Crippen MR) is 184 cm³/mol. The standard InChI is InChI=1S/C37H40N4O6/c1-36(2,3)34(46)38-26-13-9-24(10-14-26)32(44)40-28-17-7-22(20-30(28)42)19-23-8-18-29(31(43)21-23)41-33(45)25-11-15-27(16-12-25)39-35(47)37(4,5)6/h7-18,20-21,42-43H,19H2,1-6H3,(H,38,46)(H,39,47)(H,40,44)(H,41,45). The molecule has 0 aliphatic heterocycles. The first kappa shape index (κ1) is 34.2. The van der Waals surface area contributed by atoms with Gasteiger partial charge >= 0.3 is 0 Å². The van der Waals surface area contributed by atoms with E-state index in [9.17, 15) is 29.4 Å². The van der Waals surface area contributed by atoms with Crippen LogP contribution in [0.3, 0.4) is 0 Å². The molecule has 0 saturated heterocycles. The Kier molecular flexibility index (Phi) is 10.0. The Labute approximate surface area is 274 Å². The average molecular weight is 637 g/mol. The van der Waals surface area contributed by atoms with Crippen molar-refractivity contribution in [3.05, 3.63) is 107 Å². The topological polar surface area (TPSA) is 157 Å². The van der Waals surface area contributed by atoms with E-state index in [1.807, 2.05) is 41.5 Å². The summed E-state index contributed by atoms with van der Waals surface area (Å²) >= 11 is 0. The molecule has 0 bridgehead atoms. The molecule has 0 heterocycles. The number of carbonyl (C=O) groups is 4. The molecule has 4 rings (SSSR count). The van der Waals surface area contributed by atoms with Crippen LogP contribution >= 0.6 is 0 Å². The first-order chi connectivity index (χ1) is 22.0. The minimum Gasteiger partial charge on any atom is -0.506 e. The Morgan fingerprint density at radius 3 is 1.15 bits per heavy atom. The van der Waals surface area contributed by atoms with Gasteiger partial charge in [0.2, 0.25) is 11.8 Å². The molecule has 0 aliphatic rings. The normalized spacial score (nSPS) is 11.4. The summed E-state index contributed by atoms with van der Waals surface area (Å²) in [4.78, 5) is 49.9. The SMILES string of the molecule is CC(C)(C)C(=O)Nc1ccc(C(=O)Nc2ccc(Cc3ccc(NC(=O)c4ccc(NC(=O)C(C)(C)C)cc4)c(O)c3)cc2O)cc1. The van der Waals surface area contributed by atoms with Crippen molar-refractivity contribution in [3.63, 3.8) is 0 Å². The summed E-state index contributed by atoms with van der Waals surface area (Å²) in [5.74, 6) is -1.37. The molecule has 0 aromatic heterocycles. The van der Waals surface area contributed by atoms with Gasteiger partial charge in [-0.25, -0.2) is 0 Å². The zero-order valence-corrected chi connectivity index (χ0v) is 27.3. The average Bonchev–Trinajstić information content (AvgIpc) is 2.99. The molecule has 0 aliphatic carbocycles. The number of aromatic hydroxyl groups is 2. The van der Waals surface area contributed by atoms with Crippen molar-refractivity contribution in [1.29, 1.82) is 0 Å². The van der Waals surface area contributed by atoms with Gasteiger partial charge < -0.3 is 31.5 Å². The predicted octanol–water partition coefficient (Wildman–Crippen LogP) is 7.16. The molecule has 47 heavy (non-hydrogen) atoms. The largest absolute Gasteiger partial charge is 0.506 e. The van der Waals surface area contributed by atoms with E-state index in [1.165, 1.54) is 12.1 Å². The fourth-order valence-electron chi connectivity index (χ4n) is 4.26. The minimum absolute atomic E-state index is 0.123. The Morgan fingerprint density at radius 2 is 0.851 bits per heavy atom. The van der Waals surface area contributed by atoms with Crippen molar-refractivity contribution in [3.8, 4) is 11.5 Å². The van der Waals surface area contributed by atoms with Crippen molar-refractivity contribution in [2.45, 2.75) is 48.0 Å². The fraction of sp³-hybridized carbons (Fsp3) is 0.243. The number of nitrogens with one attached hydrogen (secondary N) is 4. The summed E-state index contributed by atoms with van der Waals surface area (Å²) in [6.45, 7) is 10.9. The van der Waals surface area contributed by atoms with Gasteiger partial charge in [0.15, 0.2) is 0 Å². The summed E-state index contributed by atoms with van der Waals surface area (Å²) in [6.07, 6.45) is 0.368. The van der Waals surface area contributed by atoms with E-state index < -0.39 is 22.6 Å². The molecule has 4 aromatic rings. The number of hydrogen-bond donors (Lipinski definition) is 6. The molecular weight excluding hydrogens is 596 g/mol. The Morgan fingerprint density at radius 1 is 0.511 bits per heavy atom. The van der Waals surface area contributed by atoms with Crippen LogP contribution in [0.5, 0.6) is 11.5 Å². The van der Waals surface area contributed by atoms with E-state index in [0.717, 1.165) is 11.1 Å². The van der Waals surface area contributed by atoms with E-state index in [1.54, 1.807) is 72.8 Å². The maximum Gasteiger partial charge on any atom is 0.255 e. The van der Waals surface area contributed by atoms with Crippen LogP contribution in [-0.2, 0) is 16.0 Å². The number of phenolic OH excluding ortho intramolecular Hbond substituents is 2. The second-order valence-electron chi connectivity index (χ2n) is 13.4. The first-order valence-corrected chi connectivity index (χ1v) is 15.1. The molecule has 0 radical (unpaired) electrons. The van der Waals surface area contributed by atoms with Crippen LogP contribution in [0.4, 0.5) is 22.7 Å². The van der Waals surface area contributed by atoms with Gasteiger partial charge in [-0.15, -0.1) is 0 Å². The highest BCUT2D eigenvalue weighted by Gasteiger charge is 2.22. The highest BCUT2D eigenvalue weighted by atomic mass is 16.3. The second-order valence-corrected chi connectivity index (χ2v) is 13.4. The van der Waals surface area contributed by atoms with E-state index >= 15 is 0 Å². The van der Waals surface area contributed by atoms with E-state index in [2.05, 4.69) is 21.3 Å². The molecule has 0 spiro atoms. The van der Waals surface area contributed by atoms with Crippen molar-refractivity contribution in [2.24, 2.45) is 10.8 Å². The van der Waals surface area contributed by atoms with E-state index in [4.69, 9.17) is 0 Å². The molecule has 0 atom stereocenters. The fourth-order valence-corrected chi connectivity index (χ4v) is 4.26. The number of hydrogen-bond acceptors (Lipinski definition) is 6. The number of carbonyl (C=O) groups excluding carboxylic acids is 4. The van der Waals surface area contributed by atoms with Gasteiger partial charge in [-0.2, -0.15) is 0 Å². The van der Waals surface area contributed by atoms with Gasteiger partial charge in [0.25, 0.3) is 11.8 Å². The zero-order chi connectivity index (χ0) is 34.5. The van der Waals surface area contributed by atoms with Crippen molar-refractivity contribution >= 4 is 46.4 Å². The number of anilines is 4. The lowest BCUT2D eigenvalue weighted by Gasteiger charge is -2.17. The minimum atomic E-state index is -0.551. The first-order valence-electron chi connectivity index (χ1n) is 15.1. The smallest absolute Gasteiger partial charge is 0.255 e. The number of benzene rings is 4. The molecular formula is C37H40N4O6. The van der Waals surface area contributed by atoms with Gasteiger partial charge in [-0.05, 0) is 90.3 Å². The summed E-state index contributed by atoms with van der Waals surface area (Å²) in [5.41, 5.74) is 2.68. The third-order valence-electron chi connectivity index (χ3n) is 7.20. The zero-order valence-electron chi connectivity index (χ0n) is 27.3. The van der Waals surface area contributed by atoms with Crippen LogP contribution in [0.15, 0.2) is 84.9 Å². The van der Waals surface area contributed by atoms with E-state index in [0.29, 0.717) is 28.9 Å². The molecule has 4 amide bonds. The molecule has 0 unspecified atom stereocenters. The third-order valence-corrected chi connectivity index (χ3v) is 7.20. The highest BCUT2D eigenvalue weighted by Crippen LogP contribution is 2.30. The molecule has 4 aromatic carbocycles. The lowest BCUT2D eigenvalue weighted by Crippen LogP contribution is -2.27. The summed E-state index contributed by atoms with van der Waals surface area (Å²) < 4.78 is 0. The van der Waals surface area contributed by atoms with Crippen LogP contribution in [-0.4, -0.2) is 33.8 Å². The highest BCUT2D eigenvalue weighted by molar-refractivity contribution is 6.06. The summed E-state index contributed by atoms with van der Waals surface area (Å²) in [6, 6.07) is 22.7. The van der Waals surface area contributed by atoms with Crippen LogP contribution in [0.1, 0.15) is 73.4 Å². The van der Waals surface area contributed by atoms with Crippen molar-refractivity contribution < 1.29 is 29.4 Å². The summed E-state index contributed by atoms with van der Waals surface area (Å²) in [7, 11) is 0. The van der Waals surface area contributed by atoms with Gasteiger partial charge in [-0.3, -0.25) is 19.2 Å². The van der Waals surface area contributed by atoms with Crippen LogP contribution in [0.25, 0.3) is 0 Å². The maximum atomic E-state index is 12.8. The molecule has 244 valence electrons. The van der Waals surface area contributed by atoms with Gasteiger partial charge in [-0.1, -0.05) is 53.7 Å². The Bertz CT molecular complexity index is 1670. The second kappa shape index (κ2) is 13.8. The van der Waals surface area contributed by atoms with E-state index in [-0.39, 0.29) is 34.7 Å². The lowest BCUT2D eigenvalue weighted by molar-refractivity contribution is -0.123. The van der Waals surface area contributed by atoms with Gasteiger partial charge in [0, 0.05) is 33.3 Å². The maximum absolute atomic E-state index is 12.8. The molecule has 10 heteroatoms. The molecule has 0 saturated carbocycles. The van der Waals surface area contributed by atoms with Gasteiger partial charge in [0.05, 0.1) is 11.4 Å². The number of amides is 4. The Balaban J connectivity index is 1.34. The Hall–Kier alpha value is -5.64. The molecule has 0 fully saturated rings. The van der Waals surface area contributed by atoms with Crippen LogP contribution in [0.2, 0.25) is 0 Å². The van der Waals surface area contributed by atoms with Crippen LogP contribution < -0.4 is 21.3 Å².